The van der Waals surface area contributed by atoms with Gasteiger partial charge in [-0.05, 0) is 54.8 Å². The second-order valence-corrected chi connectivity index (χ2v) is 8.74. The molecule has 0 radical (unpaired) electrons. The number of hydrogen-bond acceptors (Lipinski definition) is 1. The molecule has 3 rings (SSSR count). The van der Waals surface area contributed by atoms with E-state index >= 15 is 0 Å². The van der Waals surface area contributed by atoms with E-state index in [1.165, 1.54) is 51.4 Å². The van der Waals surface area contributed by atoms with E-state index in [9.17, 15) is 0 Å². The molecule has 0 saturated heterocycles. The molecule has 0 aromatic rings. The largest absolute Gasteiger partial charge is 0.310 e. The Morgan fingerprint density at radius 3 is 2.37 bits per heavy atom. The molecule has 0 spiro atoms. The quantitative estimate of drug-likeness (QED) is 0.708. The zero-order valence-electron chi connectivity index (χ0n) is 13.5. The zero-order chi connectivity index (χ0) is 13.7. The minimum atomic E-state index is 0.513. The van der Waals surface area contributed by atoms with Gasteiger partial charge in [0.2, 0.25) is 0 Å². The lowest BCUT2D eigenvalue weighted by atomic mass is 9.68. The van der Waals surface area contributed by atoms with Gasteiger partial charge < -0.3 is 5.32 Å². The standard InChI is InChI=1S/C18H33N/c1-13-8-6-5-7-9-15(13)19-16-17(2,3)14-10-11-18(16,4)12-14/h13-16,19H,5-12H2,1-4H3. The summed E-state index contributed by atoms with van der Waals surface area (Å²) in [5.74, 6) is 1.84. The highest BCUT2D eigenvalue weighted by molar-refractivity contribution is 5.12. The van der Waals surface area contributed by atoms with Crippen molar-refractivity contribution < 1.29 is 0 Å². The van der Waals surface area contributed by atoms with Gasteiger partial charge in [-0.2, -0.15) is 0 Å². The molecule has 19 heavy (non-hydrogen) atoms. The van der Waals surface area contributed by atoms with E-state index in [1.807, 2.05) is 0 Å². The van der Waals surface area contributed by atoms with Crippen LogP contribution < -0.4 is 5.32 Å². The van der Waals surface area contributed by atoms with Gasteiger partial charge in [0.15, 0.2) is 0 Å². The Hall–Kier alpha value is -0.0400. The predicted molar refractivity (Wildman–Crippen MR) is 82.2 cm³/mol. The van der Waals surface area contributed by atoms with Gasteiger partial charge in [0.1, 0.15) is 0 Å². The zero-order valence-corrected chi connectivity index (χ0v) is 13.5. The Morgan fingerprint density at radius 1 is 0.947 bits per heavy atom. The number of nitrogens with one attached hydrogen (secondary N) is 1. The fraction of sp³-hybridized carbons (Fsp3) is 1.00. The van der Waals surface area contributed by atoms with Crippen molar-refractivity contribution in [2.24, 2.45) is 22.7 Å². The Labute approximate surface area is 119 Å². The summed E-state index contributed by atoms with van der Waals surface area (Å²) in [4.78, 5) is 0. The van der Waals surface area contributed by atoms with Gasteiger partial charge in [-0.3, -0.25) is 0 Å². The summed E-state index contributed by atoms with van der Waals surface area (Å²) in [6.07, 6.45) is 11.6. The maximum absolute atomic E-state index is 4.17. The van der Waals surface area contributed by atoms with Crippen LogP contribution in [0.3, 0.4) is 0 Å². The van der Waals surface area contributed by atoms with Crippen molar-refractivity contribution in [3.8, 4) is 0 Å². The van der Waals surface area contributed by atoms with Crippen LogP contribution >= 0.6 is 0 Å². The van der Waals surface area contributed by atoms with Crippen molar-refractivity contribution in [1.82, 2.24) is 5.32 Å². The molecule has 0 aromatic carbocycles. The summed E-state index contributed by atoms with van der Waals surface area (Å²) >= 11 is 0. The van der Waals surface area contributed by atoms with Crippen molar-refractivity contribution in [3.05, 3.63) is 0 Å². The molecular weight excluding hydrogens is 230 g/mol. The van der Waals surface area contributed by atoms with Crippen LogP contribution in [0.5, 0.6) is 0 Å². The number of rotatable bonds is 2. The molecule has 1 heteroatoms. The van der Waals surface area contributed by atoms with Crippen molar-refractivity contribution in [1.29, 1.82) is 0 Å². The first-order valence-corrected chi connectivity index (χ1v) is 8.69. The van der Waals surface area contributed by atoms with E-state index in [-0.39, 0.29) is 0 Å². The third-order valence-corrected chi connectivity index (χ3v) is 7.01. The molecule has 3 aliphatic rings. The van der Waals surface area contributed by atoms with Crippen LogP contribution in [0.4, 0.5) is 0 Å². The molecule has 5 unspecified atom stereocenters. The van der Waals surface area contributed by atoms with Crippen molar-refractivity contribution >= 4 is 0 Å². The molecule has 1 N–H and O–H groups in total. The molecular formula is C18H33N. The van der Waals surface area contributed by atoms with E-state index in [1.54, 1.807) is 0 Å². The van der Waals surface area contributed by atoms with Gasteiger partial charge in [-0.25, -0.2) is 0 Å². The topological polar surface area (TPSA) is 12.0 Å². The lowest BCUT2D eigenvalue weighted by molar-refractivity contribution is 0.0890. The summed E-state index contributed by atoms with van der Waals surface area (Å²) in [5, 5.41) is 4.17. The fourth-order valence-corrected chi connectivity index (χ4v) is 5.67. The number of hydrogen-bond donors (Lipinski definition) is 1. The Bertz CT molecular complexity index is 330. The van der Waals surface area contributed by atoms with E-state index in [0.717, 1.165) is 23.9 Å². The molecule has 0 amide bonds. The molecule has 0 aromatic heterocycles. The highest BCUT2D eigenvalue weighted by atomic mass is 15.0. The van der Waals surface area contributed by atoms with Crippen molar-refractivity contribution in [2.75, 3.05) is 0 Å². The van der Waals surface area contributed by atoms with Crippen LogP contribution in [0.2, 0.25) is 0 Å². The Kier molecular flexibility index (Phi) is 3.48. The minimum absolute atomic E-state index is 0.513. The molecule has 110 valence electrons. The molecule has 3 aliphatic carbocycles. The van der Waals surface area contributed by atoms with Crippen LogP contribution in [-0.2, 0) is 0 Å². The molecule has 0 aliphatic heterocycles. The minimum Gasteiger partial charge on any atom is -0.310 e. The summed E-state index contributed by atoms with van der Waals surface area (Å²) in [5.41, 5.74) is 1.10. The number of fused-ring (bicyclic) bond motifs is 2. The summed E-state index contributed by atoms with van der Waals surface area (Å²) in [7, 11) is 0. The lowest BCUT2D eigenvalue weighted by Gasteiger charge is -2.46. The first-order valence-electron chi connectivity index (χ1n) is 8.69. The molecule has 5 atom stereocenters. The maximum atomic E-state index is 4.17. The van der Waals surface area contributed by atoms with Gasteiger partial charge in [0, 0.05) is 12.1 Å². The summed E-state index contributed by atoms with van der Waals surface area (Å²) in [6.45, 7) is 10.1. The van der Waals surface area contributed by atoms with E-state index < -0.39 is 0 Å². The second kappa shape index (κ2) is 4.76. The normalized spacial score (nSPS) is 49.3. The summed E-state index contributed by atoms with van der Waals surface area (Å²) < 4.78 is 0. The van der Waals surface area contributed by atoms with Crippen LogP contribution in [-0.4, -0.2) is 12.1 Å². The first-order chi connectivity index (χ1) is 8.93. The average Bonchev–Trinajstić information content (AvgIpc) is 2.72. The maximum Gasteiger partial charge on any atom is 0.0177 e. The molecule has 1 nitrogen and oxygen atoms in total. The predicted octanol–water partition coefficient (Wildman–Crippen LogP) is 4.76. The average molecular weight is 263 g/mol. The van der Waals surface area contributed by atoms with E-state index in [4.69, 9.17) is 0 Å². The Morgan fingerprint density at radius 2 is 1.68 bits per heavy atom. The molecule has 0 heterocycles. The van der Waals surface area contributed by atoms with Gasteiger partial charge in [-0.1, -0.05) is 47.0 Å². The van der Waals surface area contributed by atoms with E-state index in [2.05, 4.69) is 33.0 Å². The van der Waals surface area contributed by atoms with Crippen molar-refractivity contribution in [3.63, 3.8) is 0 Å². The highest BCUT2D eigenvalue weighted by Gasteiger charge is 2.59. The van der Waals surface area contributed by atoms with Crippen LogP contribution in [0.15, 0.2) is 0 Å². The van der Waals surface area contributed by atoms with Gasteiger partial charge in [0.25, 0.3) is 0 Å². The second-order valence-electron chi connectivity index (χ2n) is 8.74. The molecule has 3 fully saturated rings. The van der Waals surface area contributed by atoms with Gasteiger partial charge in [-0.15, -0.1) is 0 Å². The summed E-state index contributed by atoms with van der Waals surface area (Å²) in [6, 6.07) is 1.53. The fourth-order valence-electron chi connectivity index (χ4n) is 5.67. The Balaban J connectivity index is 1.74. The van der Waals surface area contributed by atoms with Crippen LogP contribution in [0.1, 0.15) is 79.1 Å². The molecule has 2 bridgehead atoms. The molecule has 3 saturated carbocycles. The van der Waals surface area contributed by atoms with Gasteiger partial charge >= 0.3 is 0 Å². The van der Waals surface area contributed by atoms with Gasteiger partial charge in [0.05, 0.1) is 0 Å². The smallest absolute Gasteiger partial charge is 0.0177 e. The highest BCUT2D eigenvalue weighted by Crippen LogP contribution is 2.62. The third kappa shape index (κ3) is 2.26. The van der Waals surface area contributed by atoms with Crippen LogP contribution in [0, 0.1) is 22.7 Å². The monoisotopic (exact) mass is 263 g/mol. The SMILES string of the molecule is CC1CCCCCC1NC1C2(C)CCC(C2)C1(C)C. The van der Waals surface area contributed by atoms with Crippen LogP contribution in [0.25, 0.3) is 0 Å². The van der Waals surface area contributed by atoms with Crippen molar-refractivity contribution in [2.45, 2.75) is 91.1 Å². The van der Waals surface area contributed by atoms with E-state index in [0.29, 0.717) is 10.8 Å². The first kappa shape index (κ1) is 13.9. The lowest BCUT2D eigenvalue weighted by Crippen LogP contribution is -2.55. The third-order valence-electron chi connectivity index (χ3n) is 7.01.